The summed E-state index contributed by atoms with van der Waals surface area (Å²) < 4.78 is 12.5. The first-order chi connectivity index (χ1) is 15.6. The molecule has 7 rings (SSSR count). The first-order valence-electron chi connectivity index (χ1n) is 11.6. The molecule has 2 bridgehead atoms. The van der Waals surface area contributed by atoms with E-state index in [-0.39, 0.29) is 29.4 Å². The highest BCUT2D eigenvalue weighted by molar-refractivity contribution is 6.21. The Balaban J connectivity index is 1.40. The number of piperidine rings is 1. The predicted octanol–water partition coefficient (Wildman–Crippen LogP) is 3.03. The van der Waals surface area contributed by atoms with Gasteiger partial charge in [0.25, 0.3) is 11.8 Å². The van der Waals surface area contributed by atoms with Crippen LogP contribution in [-0.4, -0.2) is 60.5 Å². The molecule has 6 nitrogen and oxygen atoms in total. The molecule has 6 heteroatoms. The molecule has 1 saturated heterocycles. The Morgan fingerprint density at radius 2 is 1.78 bits per heavy atom. The van der Waals surface area contributed by atoms with E-state index in [1.807, 2.05) is 18.2 Å². The number of fused-ring (bicyclic) bond motifs is 1. The van der Waals surface area contributed by atoms with Crippen LogP contribution in [0.4, 0.5) is 0 Å². The largest absolute Gasteiger partial charge is 0.493 e. The summed E-state index contributed by atoms with van der Waals surface area (Å²) in [7, 11) is 3.91. The number of amides is 2. The number of imide groups is 1. The molecule has 0 unspecified atom stereocenters. The lowest BCUT2D eigenvalue weighted by molar-refractivity contribution is -0.0716. The molecule has 2 aromatic carbocycles. The summed E-state index contributed by atoms with van der Waals surface area (Å²) in [6.07, 6.45) is 3.53. The van der Waals surface area contributed by atoms with Crippen LogP contribution >= 0.6 is 0 Å². The molecule has 3 heterocycles. The molecule has 2 fully saturated rings. The van der Waals surface area contributed by atoms with Crippen LogP contribution < -0.4 is 9.47 Å². The molecule has 2 aromatic rings. The van der Waals surface area contributed by atoms with Gasteiger partial charge in [-0.05, 0) is 69.0 Å². The van der Waals surface area contributed by atoms with E-state index in [0.29, 0.717) is 23.1 Å². The molecule has 32 heavy (non-hydrogen) atoms. The minimum atomic E-state index is -0.272. The molecule has 2 aliphatic carbocycles. The zero-order valence-electron chi connectivity index (χ0n) is 18.3. The molecule has 3 aliphatic heterocycles. The van der Waals surface area contributed by atoms with Crippen molar-refractivity contribution in [2.45, 2.75) is 49.3 Å². The maximum absolute atomic E-state index is 13.4. The standard InChI is InChI=1S/C26H26N2O4/c1-27-12-11-26-17-8-9-18(28-24(29)15-5-3-4-6-16(15)25(28)30)23(26)32-22-20(31-2)10-7-14(21(22)26)13-19(17)27/h3-7,10,17-19,23H,8-9,11-13H2,1-2H3/t17-,18+,19-,23-,26-/m0/s1. The summed E-state index contributed by atoms with van der Waals surface area (Å²) in [4.78, 5) is 30.8. The number of nitrogens with zero attached hydrogens (tertiary/aromatic N) is 2. The van der Waals surface area contributed by atoms with Crippen molar-refractivity contribution in [2.75, 3.05) is 20.7 Å². The van der Waals surface area contributed by atoms with Gasteiger partial charge < -0.3 is 14.4 Å². The monoisotopic (exact) mass is 430 g/mol. The molecule has 1 spiro atoms. The van der Waals surface area contributed by atoms with Gasteiger partial charge in [-0.2, -0.15) is 0 Å². The fourth-order valence-electron chi connectivity index (χ4n) is 7.63. The molecule has 5 aliphatic rings. The molecule has 0 N–H and O–H groups in total. The average molecular weight is 431 g/mol. The van der Waals surface area contributed by atoms with Crippen LogP contribution in [0.15, 0.2) is 36.4 Å². The Morgan fingerprint density at radius 3 is 2.50 bits per heavy atom. The van der Waals surface area contributed by atoms with E-state index in [9.17, 15) is 9.59 Å². The van der Waals surface area contributed by atoms with E-state index in [1.165, 1.54) is 16.0 Å². The Bertz CT molecular complexity index is 1160. The summed E-state index contributed by atoms with van der Waals surface area (Å²) in [6.45, 7) is 0.992. The highest BCUT2D eigenvalue weighted by Gasteiger charge is 2.67. The van der Waals surface area contributed by atoms with Crippen molar-refractivity contribution in [3.63, 3.8) is 0 Å². The van der Waals surface area contributed by atoms with Crippen LogP contribution in [0.5, 0.6) is 11.5 Å². The SMILES string of the molecule is COc1ccc2c3c1O[C@H]1[C@H](N4C(=O)c5ccccc5C4=O)CC[C@H]4[C@H](C2)N(C)CC[C@@]341. The van der Waals surface area contributed by atoms with Gasteiger partial charge >= 0.3 is 0 Å². The molecule has 5 atom stereocenters. The molecular weight excluding hydrogens is 404 g/mol. The number of rotatable bonds is 2. The minimum absolute atomic E-state index is 0.174. The summed E-state index contributed by atoms with van der Waals surface area (Å²) in [6, 6.07) is 11.6. The third-order valence-corrected chi connectivity index (χ3v) is 8.93. The number of hydrogen-bond acceptors (Lipinski definition) is 5. The first kappa shape index (κ1) is 18.7. The lowest BCUT2D eigenvalue weighted by atomic mass is 9.51. The zero-order valence-corrected chi connectivity index (χ0v) is 18.3. The number of benzene rings is 2. The average Bonchev–Trinajstić information content (AvgIpc) is 3.29. The Kier molecular flexibility index (Phi) is 3.58. The summed E-state index contributed by atoms with van der Waals surface area (Å²) in [5, 5.41) is 0. The van der Waals surface area contributed by atoms with Gasteiger partial charge in [0.2, 0.25) is 0 Å². The van der Waals surface area contributed by atoms with Gasteiger partial charge in [-0.15, -0.1) is 0 Å². The van der Waals surface area contributed by atoms with Crippen molar-refractivity contribution in [1.82, 2.24) is 9.80 Å². The normalized spacial score (nSPS) is 34.2. The fraction of sp³-hybridized carbons (Fsp3) is 0.462. The maximum atomic E-state index is 13.4. The summed E-state index contributed by atoms with van der Waals surface area (Å²) in [5.74, 6) is 1.68. The number of likely N-dealkylation sites (N-methyl/N-ethyl adjacent to an activating group) is 1. The topological polar surface area (TPSA) is 59.1 Å². The van der Waals surface area contributed by atoms with E-state index >= 15 is 0 Å². The van der Waals surface area contributed by atoms with Crippen LogP contribution in [0.25, 0.3) is 0 Å². The number of ether oxygens (including phenoxy) is 2. The lowest BCUT2D eigenvalue weighted by Gasteiger charge is -2.59. The summed E-state index contributed by atoms with van der Waals surface area (Å²) >= 11 is 0. The molecular formula is C26H26N2O4. The van der Waals surface area contributed by atoms with Gasteiger partial charge in [0, 0.05) is 17.0 Å². The number of likely N-dealkylation sites (tertiary alicyclic amines) is 1. The highest BCUT2D eigenvalue weighted by Crippen LogP contribution is 2.64. The quantitative estimate of drug-likeness (QED) is 0.686. The van der Waals surface area contributed by atoms with E-state index in [1.54, 1.807) is 19.2 Å². The number of methoxy groups -OCH3 is 1. The second-order valence-electron chi connectivity index (χ2n) is 9.99. The van der Waals surface area contributed by atoms with Crippen molar-refractivity contribution < 1.29 is 19.1 Å². The third-order valence-electron chi connectivity index (χ3n) is 8.93. The van der Waals surface area contributed by atoms with Gasteiger partial charge in [-0.1, -0.05) is 18.2 Å². The third kappa shape index (κ3) is 2.01. The first-order valence-corrected chi connectivity index (χ1v) is 11.6. The zero-order chi connectivity index (χ0) is 21.8. The lowest BCUT2D eigenvalue weighted by Crippen LogP contribution is -2.68. The summed E-state index contributed by atoms with van der Waals surface area (Å²) in [5.41, 5.74) is 3.47. The molecule has 0 aromatic heterocycles. The molecule has 0 radical (unpaired) electrons. The molecule has 2 amide bonds. The van der Waals surface area contributed by atoms with Crippen LogP contribution in [0.2, 0.25) is 0 Å². The van der Waals surface area contributed by atoms with Crippen LogP contribution in [0.3, 0.4) is 0 Å². The van der Waals surface area contributed by atoms with Crippen LogP contribution in [0.1, 0.15) is 51.1 Å². The van der Waals surface area contributed by atoms with Gasteiger partial charge in [0.05, 0.1) is 24.3 Å². The van der Waals surface area contributed by atoms with Gasteiger partial charge in [0.15, 0.2) is 11.5 Å². The molecule has 164 valence electrons. The molecule has 1 saturated carbocycles. The maximum Gasteiger partial charge on any atom is 0.261 e. The Hall–Kier alpha value is -2.86. The van der Waals surface area contributed by atoms with E-state index < -0.39 is 0 Å². The van der Waals surface area contributed by atoms with Gasteiger partial charge in [-0.25, -0.2) is 0 Å². The van der Waals surface area contributed by atoms with Crippen molar-refractivity contribution in [3.8, 4) is 11.5 Å². The van der Waals surface area contributed by atoms with Crippen molar-refractivity contribution in [2.24, 2.45) is 5.92 Å². The number of carbonyl (C=O) groups is 2. The minimum Gasteiger partial charge on any atom is -0.493 e. The highest BCUT2D eigenvalue weighted by atomic mass is 16.5. The van der Waals surface area contributed by atoms with Crippen LogP contribution in [0, 0.1) is 5.92 Å². The van der Waals surface area contributed by atoms with E-state index in [0.717, 1.165) is 43.7 Å². The Morgan fingerprint density at radius 1 is 1.03 bits per heavy atom. The number of hydrogen-bond donors (Lipinski definition) is 0. The second-order valence-corrected chi connectivity index (χ2v) is 9.99. The van der Waals surface area contributed by atoms with E-state index in [2.05, 4.69) is 18.0 Å². The smallest absolute Gasteiger partial charge is 0.261 e. The second kappa shape index (κ2) is 6.13. The number of carbonyl (C=O) groups excluding carboxylic acids is 2. The van der Waals surface area contributed by atoms with Crippen molar-refractivity contribution >= 4 is 11.8 Å². The van der Waals surface area contributed by atoms with Gasteiger partial charge in [0.1, 0.15) is 6.10 Å². The van der Waals surface area contributed by atoms with Crippen molar-refractivity contribution in [1.29, 1.82) is 0 Å². The predicted molar refractivity (Wildman–Crippen MR) is 117 cm³/mol. The van der Waals surface area contributed by atoms with Gasteiger partial charge in [-0.3, -0.25) is 14.5 Å². The van der Waals surface area contributed by atoms with Crippen LogP contribution in [-0.2, 0) is 11.8 Å². The van der Waals surface area contributed by atoms with E-state index in [4.69, 9.17) is 9.47 Å². The Labute approximate surface area is 187 Å². The fourth-order valence-corrected chi connectivity index (χ4v) is 7.63. The van der Waals surface area contributed by atoms with Crippen molar-refractivity contribution in [3.05, 3.63) is 58.7 Å².